The number of nitrogens with one attached hydrogen (secondary N) is 1. The van der Waals surface area contributed by atoms with Crippen LogP contribution in [-0.4, -0.2) is 40.8 Å². The van der Waals surface area contributed by atoms with Crippen LogP contribution >= 0.6 is 11.3 Å². The molecule has 0 saturated heterocycles. The standard InChI is InChI=1S/C23H26N4O3S/c1-4-29-13-6-12-27-16(3)19(22-25-21(26-30-22)18-7-5-14-31-18)20(24-23(27)28)17-10-8-15(2)9-11-17/h5,7-11,14,20H,4,6,12-13H2,1-3H3,(H,24,28). The smallest absolute Gasteiger partial charge is 0.322 e. The van der Waals surface area contributed by atoms with E-state index in [1.165, 1.54) is 0 Å². The lowest BCUT2D eigenvalue weighted by Crippen LogP contribution is -2.46. The van der Waals surface area contributed by atoms with Gasteiger partial charge in [0.2, 0.25) is 5.82 Å². The molecule has 31 heavy (non-hydrogen) atoms. The van der Waals surface area contributed by atoms with E-state index in [2.05, 4.69) is 15.5 Å². The van der Waals surface area contributed by atoms with Crippen LogP contribution in [-0.2, 0) is 4.74 Å². The number of ether oxygens (including phenoxy) is 1. The van der Waals surface area contributed by atoms with Gasteiger partial charge in [0.1, 0.15) is 0 Å². The Morgan fingerprint density at radius 3 is 2.74 bits per heavy atom. The van der Waals surface area contributed by atoms with Crippen LogP contribution in [0.5, 0.6) is 0 Å². The number of rotatable bonds is 8. The first-order chi connectivity index (χ1) is 15.1. The summed E-state index contributed by atoms with van der Waals surface area (Å²) in [6.07, 6.45) is 0.741. The molecule has 0 spiro atoms. The number of allylic oxidation sites excluding steroid dienone is 1. The Kier molecular flexibility index (Phi) is 6.48. The van der Waals surface area contributed by atoms with Gasteiger partial charge in [-0.3, -0.25) is 4.90 Å². The summed E-state index contributed by atoms with van der Waals surface area (Å²) in [5, 5.41) is 9.29. The van der Waals surface area contributed by atoms with Gasteiger partial charge in [-0.1, -0.05) is 41.1 Å². The number of aromatic nitrogens is 2. The third kappa shape index (κ3) is 4.55. The third-order valence-corrected chi connectivity index (χ3v) is 6.15. The fraction of sp³-hybridized carbons (Fsp3) is 0.348. The average molecular weight is 439 g/mol. The molecule has 2 amide bonds. The van der Waals surface area contributed by atoms with E-state index >= 15 is 0 Å². The Morgan fingerprint density at radius 1 is 1.23 bits per heavy atom. The molecule has 1 aliphatic rings. The Bertz CT molecular complexity index is 1060. The van der Waals surface area contributed by atoms with Gasteiger partial charge < -0.3 is 14.6 Å². The number of nitrogens with zero attached hydrogens (tertiary/aromatic N) is 3. The molecule has 1 N–H and O–H groups in total. The van der Waals surface area contributed by atoms with Crippen molar-refractivity contribution in [2.45, 2.75) is 33.2 Å². The molecule has 1 aromatic carbocycles. The summed E-state index contributed by atoms with van der Waals surface area (Å²) in [4.78, 5) is 20.3. The molecule has 2 aromatic heterocycles. The van der Waals surface area contributed by atoms with E-state index in [1.807, 2.05) is 62.5 Å². The first-order valence-corrected chi connectivity index (χ1v) is 11.3. The van der Waals surface area contributed by atoms with Crippen molar-refractivity contribution in [3.05, 3.63) is 64.5 Å². The molecular weight excluding hydrogens is 412 g/mol. The van der Waals surface area contributed by atoms with Crippen LogP contribution in [0.1, 0.15) is 43.3 Å². The maximum absolute atomic E-state index is 13.0. The van der Waals surface area contributed by atoms with Gasteiger partial charge in [-0.15, -0.1) is 11.3 Å². The number of hydrogen-bond donors (Lipinski definition) is 1. The van der Waals surface area contributed by atoms with Crippen LogP contribution in [0, 0.1) is 6.92 Å². The molecule has 0 radical (unpaired) electrons. The first kappa shape index (κ1) is 21.3. The van der Waals surface area contributed by atoms with Crippen LogP contribution < -0.4 is 5.32 Å². The number of benzene rings is 1. The van der Waals surface area contributed by atoms with Crippen LogP contribution in [0.25, 0.3) is 16.3 Å². The van der Waals surface area contributed by atoms with E-state index in [4.69, 9.17) is 9.26 Å². The zero-order valence-electron chi connectivity index (χ0n) is 17.9. The molecule has 1 aliphatic heterocycles. The van der Waals surface area contributed by atoms with Crippen molar-refractivity contribution in [3.63, 3.8) is 0 Å². The number of carbonyl (C=O) groups excluding carboxylic acids is 1. The molecule has 0 fully saturated rings. The maximum atomic E-state index is 13.0. The zero-order chi connectivity index (χ0) is 21.8. The number of thiophene rings is 1. The number of hydrogen-bond acceptors (Lipinski definition) is 6. The summed E-state index contributed by atoms with van der Waals surface area (Å²) >= 11 is 1.56. The third-order valence-electron chi connectivity index (χ3n) is 5.28. The van der Waals surface area contributed by atoms with Crippen LogP contribution in [0.4, 0.5) is 4.79 Å². The summed E-state index contributed by atoms with van der Waals surface area (Å²) in [6, 6.07) is 11.5. The minimum Gasteiger partial charge on any atom is -0.382 e. The molecule has 0 saturated carbocycles. The first-order valence-electron chi connectivity index (χ1n) is 10.4. The summed E-state index contributed by atoms with van der Waals surface area (Å²) in [7, 11) is 0. The Morgan fingerprint density at radius 2 is 2.03 bits per heavy atom. The van der Waals surface area contributed by atoms with Gasteiger partial charge >= 0.3 is 6.03 Å². The summed E-state index contributed by atoms with van der Waals surface area (Å²) in [5.41, 5.74) is 3.75. The number of urea groups is 1. The summed E-state index contributed by atoms with van der Waals surface area (Å²) in [6.45, 7) is 7.75. The molecule has 3 heterocycles. The second-order valence-electron chi connectivity index (χ2n) is 7.39. The molecule has 1 unspecified atom stereocenters. The average Bonchev–Trinajstić information content (AvgIpc) is 3.45. The lowest BCUT2D eigenvalue weighted by Gasteiger charge is -2.35. The quantitative estimate of drug-likeness (QED) is 0.499. The molecule has 0 aliphatic carbocycles. The minimum atomic E-state index is -0.368. The van der Waals surface area contributed by atoms with Gasteiger partial charge in [-0.05, 0) is 44.2 Å². The molecule has 8 heteroatoms. The van der Waals surface area contributed by atoms with Crippen LogP contribution in [0.2, 0.25) is 0 Å². The molecule has 4 rings (SSSR count). The van der Waals surface area contributed by atoms with E-state index < -0.39 is 0 Å². The second kappa shape index (κ2) is 9.45. The van der Waals surface area contributed by atoms with E-state index in [1.54, 1.807) is 16.2 Å². The fourth-order valence-corrected chi connectivity index (χ4v) is 4.29. The number of aryl methyl sites for hydroxylation is 1. The van der Waals surface area contributed by atoms with Crippen molar-refractivity contribution < 1.29 is 14.1 Å². The predicted octanol–water partition coefficient (Wildman–Crippen LogP) is 5.03. The lowest BCUT2D eigenvalue weighted by molar-refractivity contribution is 0.136. The van der Waals surface area contributed by atoms with E-state index in [9.17, 15) is 4.79 Å². The van der Waals surface area contributed by atoms with Gasteiger partial charge in [-0.2, -0.15) is 4.98 Å². The molecule has 7 nitrogen and oxygen atoms in total. The van der Waals surface area contributed by atoms with Crippen LogP contribution in [0.3, 0.4) is 0 Å². The highest BCUT2D eigenvalue weighted by Crippen LogP contribution is 2.37. The topological polar surface area (TPSA) is 80.5 Å². The normalized spacial score (nSPS) is 16.7. The van der Waals surface area contributed by atoms with Gasteiger partial charge in [0.25, 0.3) is 5.89 Å². The Labute approximate surface area is 185 Å². The van der Waals surface area contributed by atoms with E-state index in [0.29, 0.717) is 31.5 Å². The van der Waals surface area contributed by atoms with Crippen molar-refractivity contribution in [2.75, 3.05) is 19.8 Å². The predicted molar refractivity (Wildman–Crippen MR) is 120 cm³/mol. The monoisotopic (exact) mass is 438 g/mol. The van der Waals surface area contributed by atoms with Gasteiger partial charge in [-0.25, -0.2) is 4.79 Å². The Hall–Kier alpha value is -2.97. The fourth-order valence-electron chi connectivity index (χ4n) is 3.64. The van der Waals surface area contributed by atoms with Crippen molar-refractivity contribution in [1.29, 1.82) is 0 Å². The highest BCUT2D eigenvalue weighted by molar-refractivity contribution is 7.13. The summed E-state index contributed by atoms with van der Waals surface area (Å²) in [5.74, 6) is 0.967. The molecule has 162 valence electrons. The zero-order valence-corrected chi connectivity index (χ0v) is 18.7. The van der Waals surface area contributed by atoms with Crippen molar-refractivity contribution >= 4 is 22.9 Å². The van der Waals surface area contributed by atoms with E-state index in [0.717, 1.165) is 33.7 Å². The molecular formula is C23H26N4O3S. The molecule has 1 atom stereocenters. The van der Waals surface area contributed by atoms with E-state index in [-0.39, 0.29) is 12.1 Å². The van der Waals surface area contributed by atoms with Crippen molar-refractivity contribution in [2.24, 2.45) is 0 Å². The number of amides is 2. The molecule has 0 bridgehead atoms. The van der Waals surface area contributed by atoms with Crippen LogP contribution in [0.15, 0.2) is 52.0 Å². The Balaban J connectivity index is 1.72. The largest absolute Gasteiger partial charge is 0.382 e. The van der Waals surface area contributed by atoms with Gasteiger partial charge in [0, 0.05) is 25.5 Å². The highest BCUT2D eigenvalue weighted by Gasteiger charge is 2.35. The highest BCUT2D eigenvalue weighted by atomic mass is 32.1. The number of carbonyl (C=O) groups is 1. The minimum absolute atomic E-state index is 0.138. The lowest BCUT2D eigenvalue weighted by atomic mass is 9.94. The molecule has 3 aromatic rings. The van der Waals surface area contributed by atoms with Gasteiger partial charge in [0.05, 0.1) is 16.5 Å². The van der Waals surface area contributed by atoms with Crippen molar-refractivity contribution in [1.82, 2.24) is 20.4 Å². The second-order valence-corrected chi connectivity index (χ2v) is 8.34. The van der Waals surface area contributed by atoms with Gasteiger partial charge in [0.15, 0.2) is 0 Å². The van der Waals surface area contributed by atoms with Crippen molar-refractivity contribution in [3.8, 4) is 10.7 Å². The SMILES string of the molecule is CCOCCCN1C(=O)NC(c2ccc(C)cc2)C(c2nc(-c3cccs3)no2)=C1C. The maximum Gasteiger partial charge on any atom is 0.322 e. The summed E-state index contributed by atoms with van der Waals surface area (Å²) < 4.78 is 11.1.